The lowest BCUT2D eigenvalue weighted by molar-refractivity contribution is 0.0447. The summed E-state index contributed by atoms with van der Waals surface area (Å²) in [5.41, 5.74) is 2.20. The summed E-state index contributed by atoms with van der Waals surface area (Å²) >= 11 is 0. The predicted molar refractivity (Wildman–Crippen MR) is 135 cm³/mol. The van der Waals surface area contributed by atoms with Gasteiger partial charge in [-0.2, -0.15) is 0 Å². The molecule has 5 heteroatoms. The summed E-state index contributed by atoms with van der Waals surface area (Å²) in [5, 5.41) is 0. The largest absolute Gasteiger partial charge is 0.477 e. The molecule has 0 amide bonds. The van der Waals surface area contributed by atoms with E-state index in [1.165, 1.54) is 57.8 Å². The minimum Gasteiger partial charge on any atom is -0.477 e. The number of rotatable bonds is 17. The molecule has 2 rings (SSSR count). The minimum atomic E-state index is -0.288. The van der Waals surface area contributed by atoms with Gasteiger partial charge in [-0.05, 0) is 24.5 Å². The molecule has 0 spiro atoms. The van der Waals surface area contributed by atoms with Crippen LogP contribution in [0.3, 0.4) is 0 Å². The zero-order chi connectivity index (χ0) is 23.7. The van der Waals surface area contributed by atoms with Gasteiger partial charge in [0.05, 0.1) is 36.9 Å². The maximum absolute atomic E-state index is 12.1. The molecule has 0 aliphatic heterocycles. The van der Waals surface area contributed by atoms with E-state index < -0.39 is 0 Å². The van der Waals surface area contributed by atoms with E-state index in [-0.39, 0.29) is 5.97 Å². The third kappa shape index (κ3) is 10.8. The summed E-state index contributed by atoms with van der Waals surface area (Å²) in [5.74, 6) is 0.637. The number of carbonyl (C=O) groups is 1. The molecule has 0 aliphatic carbocycles. The van der Waals surface area contributed by atoms with E-state index in [4.69, 9.17) is 9.47 Å². The molecule has 0 unspecified atom stereocenters. The van der Waals surface area contributed by atoms with Crippen LogP contribution in [-0.2, 0) is 4.74 Å². The Bertz CT molecular complexity index is 775. The first-order valence-corrected chi connectivity index (χ1v) is 12.9. The minimum absolute atomic E-state index is 0.288. The number of ether oxygens (including phenoxy) is 2. The molecule has 0 saturated carbocycles. The van der Waals surface area contributed by atoms with Gasteiger partial charge in [0.25, 0.3) is 0 Å². The van der Waals surface area contributed by atoms with E-state index in [0.717, 1.165) is 24.1 Å². The van der Waals surface area contributed by atoms with Crippen molar-refractivity contribution in [2.45, 2.75) is 91.4 Å². The molecular formula is C28H42N2O3. The highest BCUT2D eigenvalue weighted by atomic mass is 16.5. The molecule has 0 fully saturated rings. The van der Waals surface area contributed by atoms with Gasteiger partial charge >= 0.3 is 5.97 Å². The Kier molecular flexibility index (Phi) is 13.2. The maximum Gasteiger partial charge on any atom is 0.338 e. The number of hydrogen-bond donors (Lipinski definition) is 0. The van der Waals surface area contributed by atoms with Gasteiger partial charge in [0, 0.05) is 5.56 Å². The fourth-order valence-corrected chi connectivity index (χ4v) is 3.50. The standard InChI is InChI=1S/C28H42N2O3/c1-4-6-7-8-9-10-11-12-13-14-19-32-27-21-29-26(20-30-27)24-15-17-25(18-16-24)28(31)33-22-23(3)5-2/h15-18,20-21,23H,4-14,19,22H2,1-3H3/t23-/m0/s1. The highest BCUT2D eigenvalue weighted by molar-refractivity contribution is 5.90. The van der Waals surface area contributed by atoms with Crippen molar-refractivity contribution in [3.63, 3.8) is 0 Å². The summed E-state index contributed by atoms with van der Waals surface area (Å²) in [6, 6.07) is 7.28. The lowest BCUT2D eigenvalue weighted by Crippen LogP contribution is -2.11. The molecule has 0 aliphatic rings. The van der Waals surface area contributed by atoms with Gasteiger partial charge in [-0.25, -0.2) is 14.8 Å². The van der Waals surface area contributed by atoms with Gasteiger partial charge in [-0.15, -0.1) is 0 Å². The number of unbranched alkanes of at least 4 members (excludes halogenated alkanes) is 9. The van der Waals surface area contributed by atoms with Gasteiger partial charge < -0.3 is 9.47 Å². The van der Waals surface area contributed by atoms with Crippen molar-refractivity contribution >= 4 is 5.97 Å². The second-order valence-corrected chi connectivity index (χ2v) is 8.96. The Morgan fingerprint density at radius 2 is 1.48 bits per heavy atom. The monoisotopic (exact) mass is 454 g/mol. The van der Waals surface area contributed by atoms with Crippen LogP contribution in [0, 0.1) is 5.92 Å². The first-order chi connectivity index (χ1) is 16.1. The van der Waals surface area contributed by atoms with Gasteiger partial charge in [0.2, 0.25) is 5.88 Å². The second-order valence-electron chi connectivity index (χ2n) is 8.96. The Morgan fingerprint density at radius 1 is 0.848 bits per heavy atom. The van der Waals surface area contributed by atoms with Gasteiger partial charge in [-0.3, -0.25) is 0 Å². The van der Waals surface area contributed by atoms with Crippen LogP contribution in [0.5, 0.6) is 5.88 Å². The van der Waals surface area contributed by atoms with Crippen LogP contribution >= 0.6 is 0 Å². The van der Waals surface area contributed by atoms with Crippen LogP contribution in [0.2, 0.25) is 0 Å². The molecule has 1 atom stereocenters. The second kappa shape index (κ2) is 16.2. The summed E-state index contributed by atoms with van der Waals surface area (Å²) in [6.45, 7) is 7.54. The summed E-state index contributed by atoms with van der Waals surface area (Å²) in [4.78, 5) is 21.0. The summed E-state index contributed by atoms with van der Waals surface area (Å²) in [7, 11) is 0. The summed E-state index contributed by atoms with van der Waals surface area (Å²) < 4.78 is 11.1. The highest BCUT2D eigenvalue weighted by Crippen LogP contribution is 2.19. The fourth-order valence-electron chi connectivity index (χ4n) is 3.50. The van der Waals surface area contributed by atoms with Gasteiger partial charge in [0.1, 0.15) is 0 Å². The van der Waals surface area contributed by atoms with Crippen LogP contribution in [0.15, 0.2) is 36.7 Å². The molecule has 0 radical (unpaired) electrons. The Labute approximate surface area is 200 Å². The molecule has 1 aromatic carbocycles. The van der Waals surface area contributed by atoms with E-state index in [1.807, 2.05) is 12.1 Å². The number of aromatic nitrogens is 2. The van der Waals surface area contributed by atoms with Crippen LogP contribution in [0.1, 0.15) is 102 Å². The number of benzene rings is 1. The Morgan fingerprint density at radius 3 is 2.06 bits per heavy atom. The molecule has 1 heterocycles. The Balaban J connectivity index is 1.64. The van der Waals surface area contributed by atoms with Crippen molar-refractivity contribution < 1.29 is 14.3 Å². The summed E-state index contributed by atoms with van der Waals surface area (Å²) in [6.07, 6.45) is 17.4. The normalized spacial score (nSPS) is 11.8. The van der Waals surface area contributed by atoms with E-state index in [0.29, 0.717) is 30.6 Å². The molecule has 33 heavy (non-hydrogen) atoms. The van der Waals surface area contributed by atoms with Crippen LogP contribution in [0.25, 0.3) is 11.3 Å². The van der Waals surface area contributed by atoms with Crippen molar-refractivity contribution in [1.82, 2.24) is 9.97 Å². The van der Waals surface area contributed by atoms with E-state index in [9.17, 15) is 4.79 Å². The first kappa shape index (κ1) is 26.8. The quantitative estimate of drug-likeness (QED) is 0.181. The van der Waals surface area contributed by atoms with Crippen molar-refractivity contribution in [2.75, 3.05) is 13.2 Å². The zero-order valence-electron chi connectivity index (χ0n) is 20.9. The van der Waals surface area contributed by atoms with Gasteiger partial charge in [0.15, 0.2) is 0 Å². The van der Waals surface area contributed by atoms with Crippen molar-refractivity contribution in [2.24, 2.45) is 5.92 Å². The molecule has 1 aromatic heterocycles. The molecule has 182 valence electrons. The van der Waals surface area contributed by atoms with Crippen LogP contribution < -0.4 is 4.74 Å². The average molecular weight is 455 g/mol. The first-order valence-electron chi connectivity index (χ1n) is 12.9. The molecule has 0 N–H and O–H groups in total. The number of nitrogens with zero attached hydrogens (tertiary/aromatic N) is 2. The Hall–Kier alpha value is -2.43. The molecule has 0 bridgehead atoms. The van der Waals surface area contributed by atoms with Crippen LogP contribution in [0.4, 0.5) is 0 Å². The highest BCUT2D eigenvalue weighted by Gasteiger charge is 2.10. The van der Waals surface area contributed by atoms with E-state index in [1.54, 1.807) is 24.5 Å². The zero-order valence-corrected chi connectivity index (χ0v) is 20.9. The van der Waals surface area contributed by atoms with E-state index >= 15 is 0 Å². The lowest BCUT2D eigenvalue weighted by atomic mass is 10.1. The maximum atomic E-state index is 12.1. The third-order valence-electron chi connectivity index (χ3n) is 5.99. The average Bonchev–Trinajstić information content (AvgIpc) is 2.86. The van der Waals surface area contributed by atoms with Gasteiger partial charge in [-0.1, -0.05) is 97.1 Å². The molecule has 0 saturated heterocycles. The van der Waals surface area contributed by atoms with Crippen molar-refractivity contribution in [3.8, 4) is 17.1 Å². The smallest absolute Gasteiger partial charge is 0.338 e. The molecule has 2 aromatic rings. The fraction of sp³-hybridized carbons (Fsp3) is 0.607. The van der Waals surface area contributed by atoms with Crippen molar-refractivity contribution in [3.05, 3.63) is 42.2 Å². The van der Waals surface area contributed by atoms with E-state index in [2.05, 4.69) is 30.7 Å². The lowest BCUT2D eigenvalue weighted by Gasteiger charge is -2.10. The number of hydrogen-bond acceptors (Lipinski definition) is 5. The number of esters is 1. The SMILES string of the molecule is CCCCCCCCCCCCOc1cnc(-c2ccc(C(=O)OC[C@@H](C)CC)cc2)cn1. The number of carbonyl (C=O) groups excluding carboxylic acids is 1. The topological polar surface area (TPSA) is 61.3 Å². The molecular weight excluding hydrogens is 412 g/mol. The van der Waals surface area contributed by atoms with Crippen LogP contribution in [-0.4, -0.2) is 29.2 Å². The predicted octanol–water partition coefficient (Wildman–Crippen LogP) is 7.65. The third-order valence-corrected chi connectivity index (χ3v) is 5.99. The molecule has 5 nitrogen and oxygen atoms in total. The van der Waals surface area contributed by atoms with Crippen molar-refractivity contribution in [1.29, 1.82) is 0 Å².